The molecule has 0 saturated carbocycles. The minimum Gasteiger partial charge on any atom is -0.493 e. The first kappa shape index (κ1) is 15.8. The molecule has 1 aromatic rings. The minimum absolute atomic E-state index is 0.343. The molecule has 1 aromatic carbocycles. The van der Waals surface area contributed by atoms with Crippen molar-refractivity contribution >= 4 is 15.9 Å². The van der Waals surface area contributed by atoms with Crippen molar-refractivity contribution in [1.82, 2.24) is 5.32 Å². The molecule has 0 aromatic heterocycles. The third-order valence-corrected chi connectivity index (χ3v) is 4.25. The summed E-state index contributed by atoms with van der Waals surface area (Å²) in [4.78, 5) is 0. The van der Waals surface area contributed by atoms with E-state index in [0.29, 0.717) is 18.8 Å². The number of halogens is 1. The quantitative estimate of drug-likeness (QED) is 0.810. The molecule has 2 atom stereocenters. The summed E-state index contributed by atoms with van der Waals surface area (Å²) >= 11 is 3.60. The molecule has 1 aliphatic rings. The Hall–Kier alpha value is -0.580. The Morgan fingerprint density at radius 1 is 1.45 bits per heavy atom. The molecule has 4 heteroatoms. The lowest BCUT2D eigenvalue weighted by molar-refractivity contribution is 0.0947. The summed E-state index contributed by atoms with van der Waals surface area (Å²) < 4.78 is 12.4. The highest BCUT2D eigenvalue weighted by Gasteiger charge is 2.22. The Labute approximate surface area is 130 Å². The predicted molar refractivity (Wildman–Crippen MR) is 85.3 cm³/mol. The van der Waals surface area contributed by atoms with E-state index in [-0.39, 0.29) is 0 Å². The zero-order valence-electron chi connectivity index (χ0n) is 12.3. The van der Waals surface area contributed by atoms with Gasteiger partial charge in [-0.05, 0) is 66.4 Å². The van der Waals surface area contributed by atoms with Crippen LogP contribution in [0.1, 0.15) is 44.7 Å². The second-order valence-corrected chi connectivity index (χ2v) is 5.96. The Morgan fingerprint density at radius 3 is 2.90 bits per heavy atom. The monoisotopic (exact) mass is 341 g/mol. The van der Waals surface area contributed by atoms with Gasteiger partial charge in [-0.15, -0.1) is 0 Å². The molecule has 1 N–H and O–H groups in total. The fourth-order valence-corrected chi connectivity index (χ4v) is 3.19. The summed E-state index contributed by atoms with van der Waals surface area (Å²) in [6.07, 6.45) is 3.80. The highest BCUT2D eigenvalue weighted by molar-refractivity contribution is 9.10. The SMILES string of the molecule is CCNC(CC1CCCO1)c1ccc(OCC)c(Br)c1. The highest BCUT2D eigenvalue weighted by atomic mass is 79.9. The van der Waals surface area contributed by atoms with E-state index in [1.165, 1.54) is 18.4 Å². The predicted octanol–water partition coefficient (Wildman–Crippen LogP) is 4.07. The number of hydrogen-bond acceptors (Lipinski definition) is 3. The van der Waals surface area contributed by atoms with Crippen molar-refractivity contribution < 1.29 is 9.47 Å². The topological polar surface area (TPSA) is 30.5 Å². The molecule has 112 valence electrons. The van der Waals surface area contributed by atoms with Gasteiger partial charge in [0.1, 0.15) is 5.75 Å². The average molecular weight is 342 g/mol. The van der Waals surface area contributed by atoms with Gasteiger partial charge < -0.3 is 14.8 Å². The van der Waals surface area contributed by atoms with Gasteiger partial charge in [-0.3, -0.25) is 0 Å². The zero-order chi connectivity index (χ0) is 14.4. The maximum absolute atomic E-state index is 5.77. The molecule has 0 radical (unpaired) electrons. The lowest BCUT2D eigenvalue weighted by Crippen LogP contribution is -2.25. The van der Waals surface area contributed by atoms with Gasteiger partial charge in [0.2, 0.25) is 0 Å². The van der Waals surface area contributed by atoms with Gasteiger partial charge in [0.25, 0.3) is 0 Å². The number of benzene rings is 1. The summed E-state index contributed by atoms with van der Waals surface area (Å²) in [5.41, 5.74) is 1.29. The molecule has 0 aliphatic carbocycles. The smallest absolute Gasteiger partial charge is 0.133 e. The fourth-order valence-electron chi connectivity index (χ4n) is 2.68. The van der Waals surface area contributed by atoms with E-state index < -0.39 is 0 Å². The number of rotatable bonds is 7. The Balaban J connectivity index is 2.09. The lowest BCUT2D eigenvalue weighted by Gasteiger charge is -2.22. The minimum atomic E-state index is 0.343. The number of ether oxygens (including phenoxy) is 2. The maximum atomic E-state index is 5.77. The van der Waals surface area contributed by atoms with E-state index in [1.807, 2.05) is 13.0 Å². The van der Waals surface area contributed by atoms with Crippen molar-refractivity contribution in [2.75, 3.05) is 19.8 Å². The average Bonchev–Trinajstić information content (AvgIpc) is 2.94. The maximum Gasteiger partial charge on any atom is 0.133 e. The van der Waals surface area contributed by atoms with Gasteiger partial charge in [-0.1, -0.05) is 13.0 Å². The Morgan fingerprint density at radius 2 is 2.30 bits per heavy atom. The van der Waals surface area contributed by atoms with E-state index in [4.69, 9.17) is 9.47 Å². The van der Waals surface area contributed by atoms with Crippen LogP contribution in [-0.4, -0.2) is 25.9 Å². The molecule has 0 spiro atoms. The van der Waals surface area contributed by atoms with Gasteiger partial charge >= 0.3 is 0 Å². The van der Waals surface area contributed by atoms with Crippen molar-refractivity contribution in [1.29, 1.82) is 0 Å². The largest absolute Gasteiger partial charge is 0.493 e. The molecule has 1 saturated heterocycles. The molecule has 1 fully saturated rings. The molecule has 2 unspecified atom stereocenters. The van der Waals surface area contributed by atoms with Crippen LogP contribution in [0.4, 0.5) is 0 Å². The summed E-state index contributed by atoms with van der Waals surface area (Å²) in [5.74, 6) is 0.906. The third-order valence-electron chi connectivity index (χ3n) is 3.63. The molecular formula is C16H24BrNO2. The van der Waals surface area contributed by atoms with Crippen LogP contribution in [-0.2, 0) is 4.74 Å². The molecule has 3 nitrogen and oxygen atoms in total. The molecule has 2 rings (SSSR count). The van der Waals surface area contributed by atoms with Crippen molar-refractivity contribution in [2.45, 2.75) is 45.3 Å². The van der Waals surface area contributed by atoms with Gasteiger partial charge in [0.15, 0.2) is 0 Å². The van der Waals surface area contributed by atoms with Crippen LogP contribution >= 0.6 is 15.9 Å². The molecule has 1 heterocycles. The molecule has 1 aliphatic heterocycles. The van der Waals surface area contributed by atoms with Crippen LogP contribution < -0.4 is 10.1 Å². The van der Waals surface area contributed by atoms with Gasteiger partial charge in [0.05, 0.1) is 17.2 Å². The molecule has 0 bridgehead atoms. The normalized spacial score (nSPS) is 20.1. The lowest BCUT2D eigenvalue weighted by atomic mass is 9.99. The van der Waals surface area contributed by atoms with Crippen molar-refractivity contribution in [2.24, 2.45) is 0 Å². The van der Waals surface area contributed by atoms with Crippen molar-refractivity contribution in [3.63, 3.8) is 0 Å². The second-order valence-electron chi connectivity index (χ2n) is 5.10. The zero-order valence-corrected chi connectivity index (χ0v) is 13.9. The summed E-state index contributed by atoms with van der Waals surface area (Å²) in [5, 5.41) is 3.56. The van der Waals surface area contributed by atoms with Gasteiger partial charge in [-0.2, -0.15) is 0 Å². The van der Waals surface area contributed by atoms with E-state index >= 15 is 0 Å². The van der Waals surface area contributed by atoms with E-state index in [1.54, 1.807) is 0 Å². The standard InChI is InChI=1S/C16H24BrNO2/c1-3-18-15(11-13-6-5-9-20-13)12-7-8-16(19-4-2)14(17)10-12/h7-8,10,13,15,18H,3-6,9,11H2,1-2H3. The first-order valence-corrected chi connectivity index (χ1v) is 8.31. The van der Waals surface area contributed by atoms with Crippen LogP contribution in [0.25, 0.3) is 0 Å². The van der Waals surface area contributed by atoms with E-state index in [2.05, 4.69) is 40.3 Å². The van der Waals surface area contributed by atoms with Crippen molar-refractivity contribution in [3.8, 4) is 5.75 Å². The summed E-state index contributed by atoms with van der Waals surface area (Å²) in [7, 11) is 0. The van der Waals surface area contributed by atoms with Crippen LogP contribution in [0.5, 0.6) is 5.75 Å². The van der Waals surface area contributed by atoms with E-state index in [0.717, 1.165) is 29.8 Å². The van der Waals surface area contributed by atoms with Gasteiger partial charge in [0, 0.05) is 12.6 Å². The van der Waals surface area contributed by atoms with Gasteiger partial charge in [-0.25, -0.2) is 0 Å². The number of nitrogens with one attached hydrogen (secondary N) is 1. The van der Waals surface area contributed by atoms with Crippen LogP contribution in [0.2, 0.25) is 0 Å². The van der Waals surface area contributed by atoms with Crippen LogP contribution in [0, 0.1) is 0 Å². The number of hydrogen-bond donors (Lipinski definition) is 1. The fraction of sp³-hybridized carbons (Fsp3) is 0.625. The highest BCUT2D eigenvalue weighted by Crippen LogP contribution is 2.31. The Kier molecular flexibility index (Phi) is 6.33. The molecule has 0 amide bonds. The molecular weight excluding hydrogens is 318 g/mol. The third kappa shape index (κ3) is 4.21. The van der Waals surface area contributed by atoms with Crippen LogP contribution in [0.15, 0.2) is 22.7 Å². The first-order valence-electron chi connectivity index (χ1n) is 7.51. The van der Waals surface area contributed by atoms with Crippen molar-refractivity contribution in [3.05, 3.63) is 28.2 Å². The summed E-state index contributed by atoms with van der Waals surface area (Å²) in [6, 6.07) is 6.70. The van der Waals surface area contributed by atoms with E-state index in [9.17, 15) is 0 Å². The van der Waals surface area contributed by atoms with Crippen LogP contribution in [0.3, 0.4) is 0 Å². The summed E-state index contributed by atoms with van der Waals surface area (Å²) in [6.45, 7) is 6.70. The first-order chi connectivity index (χ1) is 9.74. The second kappa shape index (κ2) is 8.01. The molecule has 20 heavy (non-hydrogen) atoms. The Bertz CT molecular complexity index is 419.